The molecule has 1 atom stereocenters. The Morgan fingerprint density at radius 1 is 1.33 bits per heavy atom. The second-order valence-electron chi connectivity index (χ2n) is 3.59. The number of benzene rings is 1. The molecule has 0 bridgehead atoms. The van der Waals surface area contributed by atoms with Crippen molar-refractivity contribution in [3.8, 4) is 5.75 Å². The van der Waals surface area contributed by atoms with Gasteiger partial charge in [0, 0.05) is 19.7 Å². The molecule has 2 N–H and O–H groups in total. The van der Waals surface area contributed by atoms with E-state index in [9.17, 15) is 0 Å². The van der Waals surface area contributed by atoms with E-state index in [0.717, 1.165) is 23.7 Å². The van der Waals surface area contributed by atoms with Crippen molar-refractivity contribution in [3.63, 3.8) is 0 Å². The third-order valence-electron chi connectivity index (χ3n) is 2.49. The van der Waals surface area contributed by atoms with Gasteiger partial charge >= 0.3 is 0 Å². The topological polar surface area (TPSA) is 42.5 Å². The van der Waals surface area contributed by atoms with Gasteiger partial charge in [-0.25, -0.2) is 0 Å². The number of fused-ring (bicyclic) bond motifs is 1. The number of rotatable bonds is 3. The van der Waals surface area contributed by atoms with Gasteiger partial charge in [-0.3, -0.25) is 0 Å². The standard InChI is InChI=1S/C11H16N2O2/c1-14-7-8-6-12-10-4-3-9(15-2)5-11(10)13-8/h3-5,8,12-13H,6-7H2,1-2H3. The van der Waals surface area contributed by atoms with E-state index < -0.39 is 0 Å². The summed E-state index contributed by atoms with van der Waals surface area (Å²) in [4.78, 5) is 0. The molecule has 1 unspecified atom stereocenters. The monoisotopic (exact) mass is 208 g/mol. The van der Waals surface area contributed by atoms with E-state index >= 15 is 0 Å². The first-order valence-electron chi connectivity index (χ1n) is 5.01. The summed E-state index contributed by atoms with van der Waals surface area (Å²) in [6.07, 6.45) is 0. The number of ether oxygens (including phenoxy) is 2. The van der Waals surface area contributed by atoms with E-state index in [4.69, 9.17) is 9.47 Å². The van der Waals surface area contributed by atoms with Crippen LogP contribution in [0.3, 0.4) is 0 Å². The Balaban J connectivity index is 2.16. The predicted octanol–water partition coefficient (Wildman–Crippen LogP) is 1.55. The summed E-state index contributed by atoms with van der Waals surface area (Å²) in [5, 5.41) is 6.76. The number of methoxy groups -OCH3 is 2. The Bertz CT molecular complexity index is 341. The van der Waals surface area contributed by atoms with Crippen molar-refractivity contribution in [1.29, 1.82) is 0 Å². The van der Waals surface area contributed by atoms with Crippen molar-refractivity contribution in [1.82, 2.24) is 0 Å². The predicted molar refractivity (Wildman–Crippen MR) is 60.8 cm³/mol. The molecule has 0 aromatic heterocycles. The maximum absolute atomic E-state index is 5.18. The van der Waals surface area contributed by atoms with Crippen molar-refractivity contribution in [2.75, 3.05) is 38.0 Å². The zero-order chi connectivity index (χ0) is 10.7. The third kappa shape index (κ3) is 2.15. The highest BCUT2D eigenvalue weighted by molar-refractivity contribution is 5.73. The van der Waals surface area contributed by atoms with Crippen molar-refractivity contribution in [2.45, 2.75) is 6.04 Å². The van der Waals surface area contributed by atoms with Crippen molar-refractivity contribution < 1.29 is 9.47 Å². The van der Waals surface area contributed by atoms with E-state index in [0.29, 0.717) is 12.6 Å². The molecule has 1 aromatic rings. The minimum Gasteiger partial charge on any atom is -0.497 e. The highest BCUT2D eigenvalue weighted by Crippen LogP contribution is 2.30. The van der Waals surface area contributed by atoms with Crippen molar-refractivity contribution >= 4 is 11.4 Å². The van der Waals surface area contributed by atoms with Crippen LogP contribution in [0.15, 0.2) is 18.2 Å². The molecule has 4 heteroatoms. The lowest BCUT2D eigenvalue weighted by atomic mass is 10.1. The summed E-state index contributed by atoms with van der Waals surface area (Å²) in [7, 11) is 3.38. The van der Waals surface area contributed by atoms with Crippen LogP contribution in [0.5, 0.6) is 5.75 Å². The van der Waals surface area contributed by atoms with Gasteiger partial charge in [0.05, 0.1) is 31.1 Å². The van der Waals surface area contributed by atoms with Crippen LogP contribution in [-0.2, 0) is 4.74 Å². The average Bonchev–Trinajstić information content (AvgIpc) is 2.28. The fraction of sp³-hybridized carbons (Fsp3) is 0.455. The van der Waals surface area contributed by atoms with Gasteiger partial charge in [-0.2, -0.15) is 0 Å². The second kappa shape index (κ2) is 4.40. The Hall–Kier alpha value is -1.42. The zero-order valence-corrected chi connectivity index (χ0v) is 9.04. The smallest absolute Gasteiger partial charge is 0.121 e. The van der Waals surface area contributed by atoms with Gasteiger partial charge in [0.15, 0.2) is 0 Å². The fourth-order valence-electron chi connectivity index (χ4n) is 1.73. The molecular formula is C11H16N2O2. The first-order valence-corrected chi connectivity index (χ1v) is 5.01. The molecule has 4 nitrogen and oxygen atoms in total. The molecule has 0 amide bonds. The Morgan fingerprint density at radius 2 is 2.20 bits per heavy atom. The average molecular weight is 208 g/mol. The van der Waals surface area contributed by atoms with Crippen LogP contribution >= 0.6 is 0 Å². The molecule has 15 heavy (non-hydrogen) atoms. The Kier molecular flexibility index (Phi) is 2.97. The maximum Gasteiger partial charge on any atom is 0.121 e. The van der Waals surface area contributed by atoms with Crippen LogP contribution in [0.4, 0.5) is 11.4 Å². The van der Waals surface area contributed by atoms with Gasteiger partial charge in [0.2, 0.25) is 0 Å². The van der Waals surface area contributed by atoms with E-state index in [1.165, 1.54) is 0 Å². The van der Waals surface area contributed by atoms with Crippen LogP contribution in [-0.4, -0.2) is 33.4 Å². The molecule has 1 aromatic carbocycles. The zero-order valence-electron chi connectivity index (χ0n) is 9.04. The lowest BCUT2D eigenvalue weighted by Crippen LogP contribution is -2.36. The quantitative estimate of drug-likeness (QED) is 0.791. The van der Waals surface area contributed by atoms with Gasteiger partial charge < -0.3 is 20.1 Å². The van der Waals surface area contributed by atoms with Gasteiger partial charge in [-0.05, 0) is 12.1 Å². The lowest BCUT2D eigenvalue weighted by molar-refractivity contribution is 0.188. The van der Waals surface area contributed by atoms with Gasteiger partial charge in [0.25, 0.3) is 0 Å². The largest absolute Gasteiger partial charge is 0.497 e. The third-order valence-corrected chi connectivity index (χ3v) is 2.49. The first-order chi connectivity index (χ1) is 7.33. The van der Waals surface area contributed by atoms with Crippen LogP contribution in [0.25, 0.3) is 0 Å². The van der Waals surface area contributed by atoms with Crippen molar-refractivity contribution in [2.24, 2.45) is 0 Å². The number of hydrogen-bond acceptors (Lipinski definition) is 4. The summed E-state index contributed by atoms with van der Waals surface area (Å²) in [6.45, 7) is 1.58. The number of nitrogens with one attached hydrogen (secondary N) is 2. The first kappa shape index (κ1) is 10.1. The van der Waals surface area contributed by atoms with E-state index in [1.54, 1.807) is 14.2 Å². The molecule has 1 aliphatic heterocycles. The van der Waals surface area contributed by atoms with E-state index in [-0.39, 0.29) is 0 Å². The van der Waals surface area contributed by atoms with Crippen LogP contribution < -0.4 is 15.4 Å². The van der Waals surface area contributed by atoms with E-state index in [2.05, 4.69) is 10.6 Å². The minimum absolute atomic E-state index is 0.314. The molecule has 0 saturated carbocycles. The molecule has 0 radical (unpaired) electrons. The maximum atomic E-state index is 5.18. The van der Waals surface area contributed by atoms with Crippen LogP contribution in [0.2, 0.25) is 0 Å². The molecule has 0 saturated heterocycles. The van der Waals surface area contributed by atoms with Gasteiger partial charge in [-0.1, -0.05) is 0 Å². The highest BCUT2D eigenvalue weighted by atomic mass is 16.5. The molecule has 2 rings (SSSR count). The second-order valence-corrected chi connectivity index (χ2v) is 3.59. The fourth-order valence-corrected chi connectivity index (χ4v) is 1.73. The highest BCUT2D eigenvalue weighted by Gasteiger charge is 2.16. The molecule has 82 valence electrons. The number of anilines is 2. The van der Waals surface area contributed by atoms with Crippen molar-refractivity contribution in [3.05, 3.63) is 18.2 Å². The minimum atomic E-state index is 0.314. The molecular weight excluding hydrogens is 192 g/mol. The van der Waals surface area contributed by atoms with Gasteiger partial charge in [0.1, 0.15) is 5.75 Å². The number of hydrogen-bond donors (Lipinski definition) is 2. The lowest BCUT2D eigenvalue weighted by Gasteiger charge is -2.28. The summed E-state index contributed by atoms with van der Waals surface area (Å²) >= 11 is 0. The molecule has 0 fully saturated rings. The normalized spacial score (nSPS) is 18.7. The summed E-state index contributed by atoms with van der Waals surface area (Å²) in [5.74, 6) is 0.862. The summed E-state index contributed by atoms with van der Waals surface area (Å²) in [6, 6.07) is 6.27. The molecule has 0 spiro atoms. The molecule has 1 aliphatic rings. The van der Waals surface area contributed by atoms with Gasteiger partial charge in [-0.15, -0.1) is 0 Å². The van der Waals surface area contributed by atoms with Crippen LogP contribution in [0.1, 0.15) is 0 Å². The molecule has 1 heterocycles. The SMILES string of the molecule is COCC1CNc2ccc(OC)cc2N1. The van der Waals surface area contributed by atoms with Crippen LogP contribution in [0, 0.1) is 0 Å². The Labute approximate surface area is 89.6 Å². The molecule has 0 aliphatic carbocycles. The van der Waals surface area contributed by atoms with E-state index in [1.807, 2.05) is 18.2 Å². The summed E-state index contributed by atoms with van der Waals surface area (Å²) < 4.78 is 10.3. The summed E-state index contributed by atoms with van der Waals surface area (Å²) in [5.41, 5.74) is 2.19. The Morgan fingerprint density at radius 3 is 2.93 bits per heavy atom.